The summed E-state index contributed by atoms with van der Waals surface area (Å²) >= 11 is 9.49. The maximum atomic E-state index is 5.95. The molecule has 0 aliphatic carbocycles. The molecule has 20 heavy (non-hydrogen) atoms. The van der Waals surface area contributed by atoms with E-state index in [1.165, 1.54) is 5.39 Å². The highest BCUT2D eigenvalue weighted by molar-refractivity contribution is 9.10. The summed E-state index contributed by atoms with van der Waals surface area (Å²) < 4.78 is 1.01. The molecule has 0 amide bonds. The van der Waals surface area contributed by atoms with Gasteiger partial charge in [0.25, 0.3) is 0 Å². The Morgan fingerprint density at radius 3 is 2.90 bits per heavy atom. The molecule has 0 aliphatic heterocycles. The van der Waals surface area contributed by atoms with Crippen molar-refractivity contribution in [2.24, 2.45) is 0 Å². The van der Waals surface area contributed by atoms with Gasteiger partial charge in [0.1, 0.15) is 0 Å². The Morgan fingerprint density at radius 2 is 2.05 bits per heavy atom. The van der Waals surface area contributed by atoms with E-state index in [2.05, 4.69) is 38.4 Å². The molecule has 0 spiro atoms. The minimum atomic E-state index is 0.728. The largest absolute Gasteiger partial charge is 0.380 e. The number of rotatable bonds is 3. The third-order valence-corrected chi connectivity index (χ3v) is 4.14. The van der Waals surface area contributed by atoms with E-state index in [-0.39, 0.29) is 0 Å². The molecule has 0 saturated heterocycles. The zero-order valence-corrected chi connectivity index (χ0v) is 12.9. The molecule has 0 unspecified atom stereocenters. The van der Waals surface area contributed by atoms with Crippen molar-refractivity contribution in [3.05, 3.63) is 69.9 Å². The number of nitrogens with zero attached hydrogens (tertiary/aromatic N) is 1. The van der Waals surface area contributed by atoms with Gasteiger partial charge >= 0.3 is 0 Å². The van der Waals surface area contributed by atoms with Crippen molar-refractivity contribution in [3.8, 4) is 0 Å². The molecule has 0 aliphatic rings. The Labute approximate surface area is 130 Å². The molecule has 1 heterocycles. The highest BCUT2D eigenvalue weighted by Gasteiger charge is 2.03. The van der Waals surface area contributed by atoms with Gasteiger partial charge in [0.15, 0.2) is 0 Å². The van der Waals surface area contributed by atoms with Gasteiger partial charge in [-0.05, 0) is 35.2 Å². The Balaban J connectivity index is 1.87. The van der Waals surface area contributed by atoms with Gasteiger partial charge in [0.2, 0.25) is 0 Å². The van der Waals surface area contributed by atoms with Crippen molar-refractivity contribution in [3.63, 3.8) is 0 Å². The van der Waals surface area contributed by atoms with Crippen LogP contribution in [0.4, 0.5) is 5.69 Å². The summed E-state index contributed by atoms with van der Waals surface area (Å²) in [6.45, 7) is 0.728. The molecule has 1 aromatic heterocycles. The molecule has 3 aromatic rings. The fraction of sp³-hybridized carbons (Fsp3) is 0.0625. The lowest BCUT2D eigenvalue weighted by molar-refractivity contribution is 1.14. The molecule has 4 heteroatoms. The van der Waals surface area contributed by atoms with Gasteiger partial charge in [-0.15, -0.1) is 0 Å². The van der Waals surface area contributed by atoms with E-state index in [1.807, 2.05) is 42.7 Å². The number of hydrogen-bond acceptors (Lipinski definition) is 2. The van der Waals surface area contributed by atoms with Gasteiger partial charge in [0, 0.05) is 39.5 Å². The average molecular weight is 348 g/mol. The molecule has 0 fully saturated rings. The van der Waals surface area contributed by atoms with Crippen LogP contribution in [-0.4, -0.2) is 4.98 Å². The SMILES string of the molecule is Clc1ccc(CNc2cccc3ccncc23)c(Br)c1. The predicted octanol–water partition coefficient (Wildman–Crippen LogP) is 5.26. The highest BCUT2D eigenvalue weighted by Crippen LogP contribution is 2.25. The second-order valence-corrected chi connectivity index (χ2v) is 5.78. The summed E-state index contributed by atoms with van der Waals surface area (Å²) in [4.78, 5) is 4.19. The lowest BCUT2D eigenvalue weighted by Crippen LogP contribution is -2.00. The van der Waals surface area contributed by atoms with E-state index in [4.69, 9.17) is 11.6 Å². The van der Waals surface area contributed by atoms with Crippen LogP contribution in [0.15, 0.2) is 59.3 Å². The number of halogens is 2. The minimum Gasteiger partial charge on any atom is -0.380 e. The predicted molar refractivity (Wildman–Crippen MR) is 88.2 cm³/mol. The maximum absolute atomic E-state index is 5.95. The van der Waals surface area contributed by atoms with Crippen LogP contribution in [0.5, 0.6) is 0 Å². The maximum Gasteiger partial charge on any atom is 0.0438 e. The molecule has 0 saturated carbocycles. The molecule has 0 radical (unpaired) electrons. The molecule has 1 N–H and O–H groups in total. The highest BCUT2D eigenvalue weighted by atomic mass is 79.9. The smallest absolute Gasteiger partial charge is 0.0438 e. The Kier molecular flexibility index (Phi) is 3.90. The first-order valence-electron chi connectivity index (χ1n) is 6.24. The minimum absolute atomic E-state index is 0.728. The van der Waals surface area contributed by atoms with Gasteiger partial charge in [-0.1, -0.05) is 45.7 Å². The van der Waals surface area contributed by atoms with Crippen molar-refractivity contribution in [1.82, 2.24) is 4.98 Å². The second-order valence-electron chi connectivity index (χ2n) is 4.49. The summed E-state index contributed by atoms with van der Waals surface area (Å²) in [7, 11) is 0. The molecule has 100 valence electrons. The molecular formula is C16H12BrClN2. The lowest BCUT2D eigenvalue weighted by Gasteiger charge is -2.11. The molecule has 3 rings (SSSR count). The average Bonchev–Trinajstić information content (AvgIpc) is 2.46. The normalized spacial score (nSPS) is 10.7. The summed E-state index contributed by atoms with van der Waals surface area (Å²) in [5.41, 5.74) is 2.24. The van der Waals surface area contributed by atoms with Crippen LogP contribution in [0.1, 0.15) is 5.56 Å². The van der Waals surface area contributed by atoms with E-state index in [9.17, 15) is 0 Å². The summed E-state index contributed by atoms with van der Waals surface area (Å²) in [6, 6.07) is 14.0. The van der Waals surface area contributed by atoms with Crippen molar-refractivity contribution in [2.45, 2.75) is 6.54 Å². The fourth-order valence-corrected chi connectivity index (χ4v) is 2.95. The Morgan fingerprint density at radius 1 is 1.15 bits per heavy atom. The Hall–Kier alpha value is -1.58. The first kappa shape index (κ1) is 13.4. The van der Waals surface area contributed by atoms with Gasteiger partial charge in [0.05, 0.1) is 0 Å². The fourth-order valence-electron chi connectivity index (χ4n) is 2.12. The van der Waals surface area contributed by atoms with Crippen molar-refractivity contribution in [1.29, 1.82) is 0 Å². The molecular weight excluding hydrogens is 336 g/mol. The Bertz CT molecular complexity index is 753. The molecule has 0 bridgehead atoms. The molecule has 2 aromatic carbocycles. The number of pyridine rings is 1. The zero-order valence-electron chi connectivity index (χ0n) is 10.6. The topological polar surface area (TPSA) is 24.9 Å². The van der Waals surface area contributed by atoms with Crippen LogP contribution in [-0.2, 0) is 6.54 Å². The van der Waals surface area contributed by atoms with Crippen LogP contribution in [0.3, 0.4) is 0 Å². The molecule has 2 nitrogen and oxygen atoms in total. The third-order valence-electron chi connectivity index (χ3n) is 3.17. The summed E-state index contributed by atoms with van der Waals surface area (Å²) in [6.07, 6.45) is 3.69. The number of nitrogens with one attached hydrogen (secondary N) is 1. The quantitative estimate of drug-likeness (QED) is 0.699. The number of anilines is 1. The van der Waals surface area contributed by atoms with Crippen LogP contribution >= 0.6 is 27.5 Å². The standard InChI is InChI=1S/C16H12BrClN2/c17-15-8-13(18)5-4-12(15)9-20-16-3-1-2-11-6-7-19-10-14(11)16/h1-8,10,20H,9H2. The first-order valence-corrected chi connectivity index (χ1v) is 7.42. The lowest BCUT2D eigenvalue weighted by atomic mass is 10.1. The van der Waals surface area contributed by atoms with Crippen molar-refractivity contribution >= 4 is 44.0 Å². The van der Waals surface area contributed by atoms with Crippen molar-refractivity contribution < 1.29 is 0 Å². The number of fused-ring (bicyclic) bond motifs is 1. The monoisotopic (exact) mass is 346 g/mol. The van der Waals surface area contributed by atoms with Gasteiger partial charge in [-0.3, -0.25) is 4.98 Å². The van der Waals surface area contributed by atoms with Crippen molar-refractivity contribution in [2.75, 3.05) is 5.32 Å². The van der Waals surface area contributed by atoms with Gasteiger partial charge in [-0.2, -0.15) is 0 Å². The van der Waals surface area contributed by atoms with Crippen LogP contribution in [0.25, 0.3) is 10.8 Å². The third kappa shape index (κ3) is 2.79. The van der Waals surface area contributed by atoms with E-state index in [1.54, 1.807) is 0 Å². The summed E-state index contributed by atoms with van der Waals surface area (Å²) in [5, 5.41) is 6.49. The molecule has 0 atom stereocenters. The number of hydrogen-bond donors (Lipinski definition) is 1. The second kappa shape index (κ2) is 5.81. The van der Waals surface area contributed by atoms with Gasteiger partial charge in [-0.25, -0.2) is 0 Å². The first-order chi connectivity index (χ1) is 9.74. The van der Waals surface area contributed by atoms with E-state index >= 15 is 0 Å². The van der Waals surface area contributed by atoms with Crippen LogP contribution < -0.4 is 5.32 Å². The van der Waals surface area contributed by atoms with Gasteiger partial charge < -0.3 is 5.32 Å². The van der Waals surface area contributed by atoms with E-state index in [0.29, 0.717) is 0 Å². The number of aromatic nitrogens is 1. The van der Waals surface area contributed by atoms with E-state index in [0.717, 1.165) is 32.7 Å². The number of benzene rings is 2. The van der Waals surface area contributed by atoms with E-state index < -0.39 is 0 Å². The van der Waals surface area contributed by atoms with Crippen LogP contribution in [0, 0.1) is 0 Å². The summed E-state index contributed by atoms with van der Waals surface area (Å²) in [5.74, 6) is 0. The zero-order chi connectivity index (χ0) is 13.9. The van der Waals surface area contributed by atoms with Crippen LogP contribution in [0.2, 0.25) is 5.02 Å².